The van der Waals surface area contributed by atoms with Gasteiger partial charge in [0.05, 0.1) is 0 Å². The summed E-state index contributed by atoms with van der Waals surface area (Å²) in [5, 5.41) is 5.87. The quantitative estimate of drug-likeness (QED) is 0.779. The van der Waals surface area contributed by atoms with Crippen molar-refractivity contribution in [1.29, 1.82) is 0 Å². The van der Waals surface area contributed by atoms with Crippen molar-refractivity contribution >= 4 is 11.8 Å². The Labute approximate surface area is 117 Å². The van der Waals surface area contributed by atoms with Crippen LogP contribution in [0.3, 0.4) is 0 Å². The number of amides is 2. The van der Waals surface area contributed by atoms with Crippen LogP contribution in [0.1, 0.15) is 61.3 Å². The summed E-state index contributed by atoms with van der Waals surface area (Å²) >= 11 is 0. The normalized spacial score (nSPS) is 14.9. The maximum absolute atomic E-state index is 12.0. The Hall–Kier alpha value is -1.06. The Balaban J connectivity index is 4.46. The molecule has 0 saturated carbocycles. The van der Waals surface area contributed by atoms with Crippen LogP contribution in [0, 0.1) is 11.8 Å². The average Bonchev–Trinajstić information content (AvgIpc) is 2.21. The van der Waals surface area contributed by atoms with Crippen LogP contribution >= 0.6 is 0 Å². The fourth-order valence-corrected chi connectivity index (χ4v) is 1.89. The number of hydrogen-bond donors (Lipinski definition) is 2. The molecular formula is C15H30N2O2. The highest BCUT2D eigenvalue weighted by Gasteiger charge is 2.25. The summed E-state index contributed by atoms with van der Waals surface area (Å²) in [6.45, 7) is 13.6. The van der Waals surface area contributed by atoms with Crippen LogP contribution < -0.4 is 10.6 Å². The summed E-state index contributed by atoms with van der Waals surface area (Å²) in [4.78, 5) is 24.0. The average molecular weight is 270 g/mol. The second-order valence-electron chi connectivity index (χ2n) is 6.64. The minimum atomic E-state index is -0.229. The number of rotatable bonds is 6. The molecule has 0 rings (SSSR count). The van der Waals surface area contributed by atoms with Crippen LogP contribution in [0.25, 0.3) is 0 Å². The molecule has 4 heteroatoms. The number of hydrogen-bond acceptors (Lipinski definition) is 2. The van der Waals surface area contributed by atoms with E-state index in [1.54, 1.807) is 0 Å². The molecule has 0 fully saturated rings. The van der Waals surface area contributed by atoms with E-state index in [9.17, 15) is 9.59 Å². The summed E-state index contributed by atoms with van der Waals surface area (Å²) in [6.07, 6.45) is 1.35. The zero-order valence-electron chi connectivity index (χ0n) is 13.5. The molecule has 19 heavy (non-hydrogen) atoms. The molecule has 0 aliphatic carbocycles. The van der Waals surface area contributed by atoms with E-state index in [2.05, 4.69) is 10.6 Å². The third kappa shape index (κ3) is 7.85. The lowest BCUT2D eigenvalue weighted by Gasteiger charge is -2.25. The first-order valence-corrected chi connectivity index (χ1v) is 7.19. The Bertz CT molecular complexity index is 306. The summed E-state index contributed by atoms with van der Waals surface area (Å²) in [5.41, 5.74) is -0.229. The second-order valence-corrected chi connectivity index (χ2v) is 6.64. The van der Waals surface area contributed by atoms with Crippen molar-refractivity contribution < 1.29 is 9.59 Å². The molecule has 2 amide bonds. The van der Waals surface area contributed by atoms with Crippen LogP contribution in [0.15, 0.2) is 0 Å². The molecule has 0 aliphatic heterocycles. The van der Waals surface area contributed by atoms with Crippen LogP contribution in [-0.4, -0.2) is 23.4 Å². The van der Waals surface area contributed by atoms with E-state index in [-0.39, 0.29) is 35.2 Å². The van der Waals surface area contributed by atoms with Gasteiger partial charge in [-0.2, -0.15) is 0 Å². The smallest absolute Gasteiger partial charge is 0.223 e. The summed E-state index contributed by atoms with van der Waals surface area (Å²) in [5.74, 6) is -0.179. The van der Waals surface area contributed by atoms with Gasteiger partial charge in [-0.05, 0) is 47.5 Å². The second kappa shape index (κ2) is 7.51. The van der Waals surface area contributed by atoms with E-state index in [4.69, 9.17) is 0 Å². The Morgan fingerprint density at radius 1 is 1.05 bits per heavy atom. The Kier molecular flexibility index (Phi) is 7.09. The zero-order valence-corrected chi connectivity index (χ0v) is 13.5. The molecule has 4 nitrogen and oxygen atoms in total. The monoisotopic (exact) mass is 270 g/mol. The minimum absolute atomic E-state index is 0.0169. The zero-order chi connectivity index (χ0) is 15.2. The van der Waals surface area contributed by atoms with Crippen molar-refractivity contribution in [3.63, 3.8) is 0 Å². The highest BCUT2D eigenvalue weighted by Crippen LogP contribution is 2.17. The molecule has 2 N–H and O–H groups in total. The molecule has 0 aromatic carbocycles. The van der Waals surface area contributed by atoms with E-state index in [1.807, 2.05) is 48.5 Å². The van der Waals surface area contributed by atoms with Gasteiger partial charge in [-0.25, -0.2) is 0 Å². The summed E-state index contributed by atoms with van der Waals surface area (Å²) < 4.78 is 0. The number of carbonyl (C=O) groups excluding carboxylic acids is 2. The van der Waals surface area contributed by atoms with Crippen LogP contribution in [0.4, 0.5) is 0 Å². The number of carbonyl (C=O) groups is 2. The maximum Gasteiger partial charge on any atom is 0.223 e. The lowest BCUT2D eigenvalue weighted by atomic mass is 9.91. The minimum Gasteiger partial charge on any atom is -0.354 e. The number of nitrogens with one attached hydrogen (secondary N) is 2. The van der Waals surface area contributed by atoms with Gasteiger partial charge in [-0.1, -0.05) is 13.8 Å². The van der Waals surface area contributed by atoms with Crippen molar-refractivity contribution in [2.24, 2.45) is 11.8 Å². The summed E-state index contributed by atoms with van der Waals surface area (Å²) in [6, 6.07) is 0.139. The van der Waals surface area contributed by atoms with Gasteiger partial charge >= 0.3 is 0 Å². The first-order chi connectivity index (χ1) is 8.56. The van der Waals surface area contributed by atoms with E-state index in [0.29, 0.717) is 6.42 Å². The van der Waals surface area contributed by atoms with Gasteiger partial charge in [-0.3, -0.25) is 9.59 Å². The predicted octanol–water partition coefficient (Wildman–Crippen LogP) is 2.48. The SMILES string of the molecule is CCC(CC(C)C(=O)NC(C)(C)C)C(=O)NC(C)C. The molecule has 0 aliphatic rings. The molecule has 0 saturated heterocycles. The van der Waals surface area contributed by atoms with Crippen molar-refractivity contribution in [3.8, 4) is 0 Å². The van der Waals surface area contributed by atoms with Gasteiger partial charge in [0.1, 0.15) is 0 Å². The molecule has 2 atom stereocenters. The molecule has 0 radical (unpaired) electrons. The fraction of sp³-hybridized carbons (Fsp3) is 0.867. The maximum atomic E-state index is 12.0. The summed E-state index contributed by atoms with van der Waals surface area (Å²) in [7, 11) is 0. The first kappa shape index (κ1) is 17.9. The predicted molar refractivity (Wildman–Crippen MR) is 78.7 cm³/mol. The largest absolute Gasteiger partial charge is 0.354 e. The molecule has 0 spiro atoms. The molecular weight excluding hydrogens is 240 g/mol. The van der Waals surface area contributed by atoms with Crippen molar-refractivity contribution in [3.05, 3.63) is 0 Å². The lowest BCUT2D eigenvalue weighted by Crippen LogP contribution is -2.44. The van der Waals surface area contributed by atoms with Gasteiger partial charge in [0.25, 0.3) is 0 Å². The Morgan fingerprint density at radius 3 is 1.95 bits per heavy atom. The van der Waals surface area contributed by atoms with E-state index in [0.717, 1.165) is 6.42 Å². The first-order valence-electron chi connectivity index (χ1n) is 7.19. The van der Waals surface area contributed by atoms with E-state index >= 15 is 0 Å². The molecule has 112 valence electrons. The van der Waals surface area contributed by atoms with Gasteiger partial charge in [0.2, 0.25) is 11.8 Å². The van der Waals surface area contributed by atoms with Crippen LogP contribution in [0.5, 0.6) is 0 Å². The van der Waals surface area contributed by atoms with Crippen molar-refractivity contribution in [1.82, 2.24) is 10.6 Å². The van der Waals surface area contributed by atoms with Gasteiger partial charge < -0.3 is 10.6 Å². The molecule has 0 heterocycles. The van der Waals surface area contributed by atoms with Gasteiger partial charge in [-0.15, -0.1) is 0 Å². The lowest BCUT2D eigenvalue weighted by molar-refractivity contribution is -0.129. The standard InChI is InChI=1S/C15H30N2O2/c1-8-12(14(19)16-10(2)3)9-11(4)13(18)17-15(5,6)7/h10-12H,8-9H2,1-7H3,(H,16,19)(H,17,18). The fourth-order valence-electron chi connectivity index (χ4n) is 1.89. The van der Waals surface area contributed by atoms with Crippen LogP contribution in [-0.2, 0) is 9.59 Å². The van der Waals surface area contributed by atoms with Gasteiger partial charge in [0.15, 0.2) is 0 Å². The van der Waals surface area contributed by atoms with E-state index < -0.39 is 0 Å². The third-order valence-corrected chi connectivity index (χ3v) is 2.88. The molecule has 2 unspecified atom stereocenters. The molecule has 0 aromatic heterocycles. The molecule has 0 bridgehead atoms. The molecule has 0 aromatic rings. The Morgan fingerprint density at radius 2 is 1.58 bits per heavy atom. The highest BCUT2D eigenvalue weighted by molar-refractivity contribution is 5.82. The van der Waals surface area contributed by atoms with E-state index in [1.165, 1.54) is 0 Å². The third-order valence-electron chi connectivity index (χ3n) is 2.88. The van der Waals surface area contributed by atoms with Gasteiger partial charge in [0, 0.05) is 23.4 Å². The van der Waals surface area contributed by atoms with Crippen molar-refractivity contribution in [2.75, 3.05) is 0 Å². The van der Waals surface area contributed by atoms with Crippen molar-refractivity contribution in [2.45, 2.75) is 72.9 Å². The topological polar surface area (TPSA) is 58.2 Å². The highest BCUT2D eigenvalue weighted by atomic mass is 16.2. The van der Waals surface area contributed by atoms with Crippen LogP contribution in [0.2, 0.25) is 0 Å².